The van der Waals surface area contributed by atoms with Crippen LogP contribution in [0.3, 0.4) is 0 Å². The number of pyridine rings is 1. The van der Waals surface area contributed by atoms with Gasteiger partial charge in [-0.15, -0.1) is 0 Å². The molecule has 0 bridgehead atoms. The lowest BCUT2D eigenvalue weighted by molar-refractivity contribution is -0.105. The summed E-state index contributed by atoms with van der Waals surface area (Å²) in [7, 11) is -2.50. The van der Waals surface area contributed by atoms with Crippen LogP contribution in [-0.4, -0.2) is 31.3 Å². The molecule has 5 nitrogen and oxygen atoms in total. The molecule has 26 heavy (non-hydrogen) atoms. The molecule has 2 heterocycles. The first-order chi connectivity index (χ1) is 12.3. The molecule has 2 N–H and O–H groups in total. The van der Waals surface area contributed by atoms with Crippen LogP contribution < -0.4 is 4.72 Å². The van der Waals surface area contributed by atoms with Crippen LogP contribution in [0, 0.1) is 5.82 Å². The molecular weight excluding hydrogens is 372 g/mol. The van der Waals surface area contributed by atoms with E-state index in [0.29, 0.717) is 21.7 Å². The van der Waals surface area contributed by atoms with Gasteiger partial charge in [-0.2, -0.15) is 18.3 Å². The number of aromatic amines is 1. The summed E-state index contributed by atoms with van der Waals surface area (Å²) in [6.45, 7) is 0. The summed E-state index contributed by atoms with van der Waals surface area (Å²) >= 11 is 0. The number of anilines is 1. The van der Waals surface area contributed by atoms with Gasteiger partial charge in [0.25, 0.3) is 0 Å². The number of nitrogens with zero attached hydrogens (tertiary/aromatic N) is 2. The Balaban J connectivity index is 1.93. The molecule has 1 unspecified atom stereocenters. The third kappa shape index (κ3) is 2.75. The van der Waals surface area contributed by atoms with E-state index in [2.05, 4.69) is 19.9 Å². The molecule has 1 atom stereocenters. The molecule has 0 aliphatic rings. The van der Waals surface area contributed by atoms with E-state index < -0.39 is 28.7 Å². The zero-order chi connectivity index (χ0) is 18.5. The summed E-state index contributed by atoms with van der Waals surface area (Å²) in [4.78, 5) is 4.05. The molecule has 0 aliphatic carbocycles. The number of H-pyrrole nitrogens is 1. The summed E-state index contributed by atoms with van der Waals surface area (Å²) in [5.74, 6) is -2.39. The lowest BCUT2D eigenvalue weighted by Gasteiger charge is -2.12. The SMILES string of the molecule is O=S(CC(F)(F)F)Nc1ccc2c3cnccc3c3cn[nH]c3c2c1F. The smallest absolute Gasteiger partial charge is 0.302 e. The van der Waals surface area contributed by atoms with Crippen molar-refractivity contribution in [1.82, 2.24) is 15.2 Å². The van der Waals surface area contributed by atoms with Gasteiger partial charge in [0.05, 0.1) is 17.4 Å². The fraction of sp³-hybridized carbons (Fsp3) is 0.125. The molecule has 0 saturated heterocycles. The predicted octanol–water partition coefficient (Wildman–Crippen LogP) is 4.04. The summed E-state index contributed by atoms with van der Waals surface area (Å²) in [6, 6.07) is 4.59. The average molecular weight is 382 g/mol. The van der Waals surface area contributed by atoms with Gasteiger partial charge < -0.3 is 4.72 Å². The second kappa shape index (κ2) is 5.90. The minimum absolute atomic E-state index is 0.145. The first-order valence-corrected chi connectivity index (χ1v) is 8.70. The number of benzene rings is 2. The molecule has 4 rings (SSSR count). The molecule has 134 valence electrons. The quantitative estimate of drug-likeness (QED) is 0.415. The van der Waals surface area contributed by atoms with Crippen LogP contribution >= 0.6 is 0 Å². The van der Waals surface area contributed by atoms with Crippen LogP contribution in [0.5, 0.6) is 0 Å². The lowest BCUT2D eigenvalue weighted by Crippen LogP contribution is -2.23. The van der Waals surface area contributed by atoms with Gasteiger partial charge in [-0.3, -0.25) is 10.1 Å². The Morgan fingerprint density at radius 1 is 1.08 bits per heavy atom. The van der Waals surface area contributed by atoms with Crippen molar-refractivity contribution in [2.75, 3.05) is 10.5 Å². The van der Waals surface area contributed by atoms with E-state index in [-0.39, 0.29) is 11.1 Å². The molecule has 0 spiro atoms. The number of nitrogens with one attached hydrogen (secondary N) is 2. The van der Waals surface area contributed by atoms with E-state index in [1.165, 1.54) is 6.07 Å². The fourth-order valence-corrected chi connectivity index (χ4v) is 3.73. The lowest BCUT2D eigenvalue weighted by atomic mass is 9.99. The number of halogens is 4. The van der Waals surface area contributed by atoms with Crippen LogP contribution in [0.2, 0.25) is 0 Å². The van der Waals surface area contributed by atoms with Gasteiger partial charge >= 0.3 is 6.18 Å². The Morgan fingerprint density at radius 2 is 1.88 bits per heavy atom. The minimum Gasteiger partial charge on any atom is -0.302 e. The fourth-order valence-electron chi connectivity index (χ4n) is 2.96. The van der Waals surface area contributed by atoms with Crippen LogP contribution in [0.4, 0.5) is 23.2 Å². The standard InChI is InChI=1S/C16H10F4N4OS/c17-14-12(24-26(25)7-16(18,19)20)2-1-9-10-5-21-4-3-8(10)11-6-22-23-15(11)13(9)14/h1-6,24H,7H2,(H,22,23). The summed E-state index contributed by atoms with van der Waals surface area (Å²) in [5, 5.41) is 9.48. The number of aromatic nitrogens is 3. The second-order valence-corrected chi connectivity index (χ2v) is 6.82. The van der Waals surface area contributed by atoms with Gasteiger partial charge in [0.1, 0.15) is 16.7 Å². The van der Waals surface area contributed by atoms with E-state index in [1.807, 2.05) is 0 Å². The van der Waals surface area contributed by atoms with E-state index in [9.17, 15) is 17.4 Å². The van der Waals surface area contributed by atoms with Crippen molar-refractivity contribution < 1.29 is 21.8 Å². The largest absolute Gasteiger partial charge is 0.402 e. The van der Waals surface area contributed by atoms with Gasteiger partial charge in [-0.1, -0.05) is 6.07 Å². The third-order valence-corrected chi connectivity index (χ3v) is 4.99. The Hall–Kier alpha value is -2.75. The molecule has 0 fully saturated rings. The molecule has 0 saturated carbocycles. The van der Waals surface area contributed by atoms with Crippen LogP contribution in [0.25, 0.3) is 32.4 Å². The highest BCUT2D eigenvalue weighted by atomic mass is 32.2. The van der Waals surface area contributed by atoms with E-state index >= 15 is 4.39 Å². The Morgan fingerprint density at radius 3 is 2.65 bits per heavy atom. The molecular formula is C16H10F4N4OS. The van der Waals surface area contributed by atoms with E-state index in [1.54, 1.807) is 30.7 Å². The van der Waals surface area contributed by atoms with Crippen molar-refractivity contribution in [1.29, 1.82) is 0 Å². The third-order valence-electron chi connectivity index (χ3n) is 3.95. The monoisotopic (exact) mass is 382 g/mol. The van der Waals surface area contributed by atoms with Gasteiger partial charge in [-0.25, -0.2) is 8.60 Å². The average Bonchev–Trinajstić information content (AvgIpc) is 3.05. The Kier molecular flexibility index (Phi) is 3.79. The van der Waals surface area contributed by atoms with Crippen molar-refractivity contribution in [2.24, 2.45) is 0 Å². The first-order valence-electron chi connectivity index (χ1n) is 7.38. The molecule has 2 aromatic heterocycles. The highest BCUT2D eigenvalue weighted by Gasteiger charge is 2.31. The van der Waals surface area contributed by atoms with Gasteiger partial charge in [0.2, 0.25) is 0 Å². The Bertz CT molecular complexity index is 1170. The summed E-state index contributed by atoms with van der Waals surface area (Å²) < 4.78 is 65.8. The molecule has 4 aromatic rings. The van der Waals surface area contributed by atoms with Crippen molar-refractivity contribution in [2.45, 2.75) is 6.18 Å². The number of fused-ring (bicyclic) bond motifs is 6. The number of alkyl halides is 3. The number of hydrogen-bond acceptors (Lipinski definition) is 3. The molecule has 0 radical (unpaired) electrons. The van der Waals surface area contributed by atoms with Crippen molar-refractivity contribution in [3.8, 4) is 0 Å². The summed E-state index contributed by atoms with van der Waals surface area (Å²) in [5.41, 5.74) is 0.126. The Labute approximate surface area is 146 Å². The molecule has 10 heteroatoms. The maximum absolute atomic E-state index is 15.1. The zero-order valence-corrected chi connectivity index (χ0v) is 13.7. The highest BCUT2D eigenvalue weighted by Crippen LogP contribution is 2.37. The molecule has 2 aromatic carbocycles. The summed E-state index contributed by atoms with van der Waals surface area (Å²) in [6.07, 6.45) is 0.105. The van der Waals surface area contributed by atoms with Crippen molar-refractivity contribution in [3.05, 3.63) is 42.6 Å². The zero-order valence-electron chi connectivity index (χ0n) is 12.9. The molecule has 0 aliphatic heterocycles. The maximum atomic E-state index is 15.1. The highest BCUT2D eigenvalue weighted by molar-refractivity contribution is 7.86. The van der Waals surface area contributed by atoms with Crippen molar-refractivity contribution in [3.63, 3.8) is 0 Å². The second-order valence-electron chi connectivity index (χ2n) is 5.64. The van der Waals surface area contributed by atoms with Gasteiger partial charge in [-0.05, 0) is 22.9 Å². The van der Waals surface area contributed by atoms with Crippen LogP contribution in [-0.2, 0) is 11.0 Å². The number of rotatable bonds is 3. The van der Waals surface area contributed by atoms with Crippen LogP contribution in [0.15, 0.2) is 36.8 Å². The minimum atomic E-state index is -4.62. The van der Waals surface area contributed by atoms with E-state index in [0.717, 1.165) is 5.39 Å². The van der Waals surface area contributed by atoms with E-state index in [4.69, 9.17) is 0 Å². The number of hydrogen-bond donors (Lipinski definition) is 2. The van der Waals surface area contributed by atoms with Crippen LogP contribution in [0.1, 0.15) is 0 Å². The normalized spacial score (nSPS) is 13.5. The van der Waals surface area contributed by atoms with Crippen molar-refractivity contribution >= 4 is 49.1 Å². The topological polar surface area (TPSA) is 70.7 Å². The maximum Gasteiger partial charge on any atom is 0.402 e. The molecule has 0 amide bonds. The van der Waals surface area contributed by atoms with Gasteiger partial charge in [0.15, 0.2) is 5.82 Å². The predicted molar refractivity (Wildman–Crippen MR) is 91.5 cm³/mol. The first kappa shape index (κ1) is 16.7. The van der Waals surface area contributed by atoms with Gasteiger partial charge in [0, 0.05) is 28.6 Å².